The first-order chi connectivity index (χ1) is 6.99. The van der Waals surface area contributed by atoms with Crippen LogP contribution in [0.15, 0.2) is 0 Å². The van der Waals surface area contributed by atoms with Crippen molar-refractivity contribution in [1.82, 2.24) is 10.2 Å². The Morgan fingerprint density at radius 3 is 2.73 bits per heavy atom. The third kappa shape index (κ3) is 2.61. The van der Waals surface area contributed by atoms with Crippen molar-refractivity contribution in [1.29, 1.82) is 0 Å². The molecule has 1 fully saturated rings. The maximum atomic E-state index is 11.5. The van der Waals surface area contributed by atoms with E-state index in [4.69, 9.17) is 5.11 Å². The van der Waals surface area contributed by atoms with Gasteiger partial charge >= 0.3 is 12.0 Å². The number of urea groups is 1. The van der Waals surface area contributed by atoms with E-state index in [0.29, 0.717) is 26.1 Å². The van der Waals surface area contributed by atoms with Gasteiger partial charge in [-0.2, -0.15) is 0 Å². The standard InChI is InChI=1S/C10H18N2O3/c1-3-11-9(15)12-6-4-5-10(2,7-12)8(13)14/h3-7H2,1-2H3,(H,11,15)(H,13,14). The monoisotopic (exact) mass is 214 g/mol. The van der Waals surface area contributed by atoms with E-state index in [-0.39, 0.29) is 6.03 Å². The zero-order chi connectivity index (χ0) is 11.5. The van der Waals surface area contributed by atoms with Gasteiger partial charge in [-0.25, -0.2) is 4.79 Å². The fraction of sp³-hybridized carbons (Fsp3) is 0.800. The molecule has 86 valence electrons. The van der Waals surface area contributed by atoms with Crippen molar-refractivity contribution in [3.05, 3.63) is 0 Å². The zero-order valence-electron chi connectivity index (χ0n) is 9.25. The van der Waals surface area contributed by atoms with E-state index in [1.807, 2.05) is 6.92 Å². The second-order valence-corrected chi connectivity index (χ2v) is 4.23. The Morgan fingerprint density at radius 1 is 1.53 bits per heavy atom. The van der Waals surface area contributed by atoms with Crippen LogP contribution in [0.4, 0.5) is 4.79 Å². The molecule has 5 heteroatoms. The molecule has 1 aliphatic rings. The van der Waals surface area contributed by atoms with Gasteiger partial charge in [0, 0.05) is 19.6 Å². The summed E-state index contributed by atoms with van der Waals surface area (Å²) >= 11 is 0. The van der Waals surface area contributed by atoms with Gasteiger partial charge in [-0.05, 0) is 26.7 Å². The first kappa shape index (κ1) is 11.8. The number of carbonyl (C=O) groups is 2. The quantitative estimate of drug-likeness (QED) is 0.717. The Morgan fingerprint density at radius 2 is 2.20 bits per heavy atom. The van der Waals surface area contributed by atoms with Crippen LogP contribution in [0.3, 0.4) is 0 Å². The molecule has 1 unspecified atom stereocenters. The molecule has 1 rings (SSSR count). The summed E-state index contributed by atoms with van der Waals surface area (Å²) in [6.45, 7) is 5.06. The van der Waals surface area contributed by atoms with Gasteiger partial charge in [0.2, 0.25) is 0 Å². The lowest BCUT2D eigenvalue weighted by atomic mass is 9.82. The van der Waals surface area contributed by atoms with Crippen LogP contribution in [-0.4, -0.2) is 41.6 Å². The van der Waals surface area contributed by atoms with Crippen molar-refractivity contribution < 1.29 is 14.7 Å². The van der Waals surface area contributed by atoms with E-state index >= 15 is 0 Å². The van der Waals surface area contributed by atoms with Crippen molar-refractivity contribution in [3.63, 3.8) is 0 Å². The number of hydrogen-bond donors (Lipinski definition) is 2. The highest BCUT2D eigenvalue weighted by atomic mass is 16.4. The Balaban J connectivity index is 2.63. The summed E-state index contributed by atoms with van der Waals surface area (Å²) in [6.07, 6.45) is 1.39. The predicted octanol–water partition coefficient (Wildman–Crippen LogP) is 0.903. The maximum absolute atomic E-state index is 11.5. The molecule has 1 heterocycles. The fourth-order valence-corrected chi connectivity index (χ4v) is 1.85. The van der Waals surface area contributed by atoms with Gasteiger partial charge in [0.1, 0.15) is 0 Å². The van der Waals surface area contributed by atoms with Gasteiger partial charge in [0.15, 0.2) is 0 Å². The smallest absolute Gasteiger partial charge is 0.317 e. The summed E-state index contributed by atoms with van der Waals surface area (Å²) < 4.78 is 0. The number of amides is 2. The van der Waals surface area contributed by atoms with Crippen LogP contribution in [0.1, 0.15) is 26.7 Å². The van der Waals surface area contributed by atoms with E-state index in [2.05, 4.69) is 5.32 Å². The van der Waals surface area contributed by atoms with Crippen molar-refractivity contribution in [2.45, 2.75) is 26.7 Å². The average Bonchev–Trinajstić information content (AvgIpc) is 2.18. The number of carboxylic acid groups (broad SMARTS) is 1. The van der Waals surface area contributed by atoms with Gasteiger partial charge in [0.05, 0.1) is 5.41 Å². The molecule has 0 aromatic rings. The van der Waals surface area contributed by atoms with E-state index in [0.717, 1.165) is 6.42 Å². The lowest BCUT2D eigenvalue weighted by molar-refractivity contribution is -0.150. The molecule has 15 heavy (non-hydrogen) atoms. The molecule has 2 N–H and O–H groups in total. The van der Waals surface area contributed by atoms with E-state index in [1.165, 1.54) is 0 Å². The van der Waals surface area contributed by atoms with E-state index < -0.39 is 11.4 Å². The van der Waals surface area contributed by atoms with Crippen LogP contribution in [0, 0.1) is 5.41 Å². The van der Waals surface area contributed by atoms with Crippen molar-refractivity contribution in [2.24, 2.45) is 5.41 Å². The molecule has 0 aliphatic carbocycles. The molecule has 0 spiro atoms. The fourth-order valence-electron chi connectivity index (χ4n) is 1.85. The molecular weight excluding hydrogens is 196 g/mol. The van der Waals surface area contributed by atoms with Crippen LogP contribution in [-0.2, 0) is 4.79 Å². The highest BCUT2D eigenvalue weighted by Crippen LogP contribution is 2.29. The number of nitrogens with one attached hydrogen (secondary N) is 1. The number of carbonyl (C=O) groups excluding carboxylic acids is 1. The van der Waals surface area contributed by atoms with E-state index in [1.54, 1.807) is 11.8 Å². The minimum absolute atomic E-state index is 0.162. The molecule has 0 bridgehead atoms. The molecule has 0 aromatic heterocycles. The van der Waals surface area contributed by atoms with Crippen LogP contribution in [0.2, 0.25) is 0 Å². The Hall–Kier alpha value is -1.26. The van der Waals surface area contributed by atoms with Gasteiger partial charge in [-0.3, -0.25) is 4.79 Å². The van der Waals surface area contributed by atoms with Crippen LogP contribution < -0.4 is 5.32 Å². The third-order valence-electron chi connectivity index (χ3n) is 2.83. The molecule has 2 amide bonds. The molecule has 0 aromatic carbocycles. The Bertz CT molecular complexity index is 267. The van der Waals surface area contributed by atoms with Gasteiger partial charge in [-0.1, -0.05) is 0 Å². The SMILES string of the molecule is CCNC(=O)N1CCCC(C)(C(=O)O)C1. The average molecular weight is 214 g/mol. The van der Waals surface area contributed by atoms with Crippen LogP contribution >= 0.6 is 0 Å². The summed E-state index contributed by atoms with van der Waals surface area (Å²) in [5.74, 6) is -0.823. The molecular formula is C10H18N2O3. The van der Waals surface area contributed by atoms with E-state index in [9.17, 15) is 9.59 Å². The predicted molar refractivity (Wildman–Crippen MR) is 55.6 cm³/mol. The summed E-state index contributed by atoms with van der Waals surface area (Å²) in [5, 5.41) is 11.8. The van der Waals surface area contributed by atoms with Gasteiger partial charge in [-0.15, -0.1) is 0 Å². The molecule has 5 nitrogen and oxygen atoms in total. The zero-order valence-corrected chi connectivity index (χ0v) is 9.25. The third-order valence-corrected chi connectivity index (χ3v) is 2.83. The lowest BCUT2D eigenvalue weighted by Gasteiger charge is -2.37. The van der Waals surface area contributed by atoms with Crippen molar-refractivity contribution in [2.75, 3.05) is 19.6 Å². The van der Waals surface area contributed by atoms with Gasteiger partial charge in [0.25, 0.3) is 0 Å². The minimum atomic E-state index is -0.823. The minimum Gasteiger partial charge on any atom is -0.481 e. The Labute approximate surface area is 89.4 Å². The summed E-state index contributed by atoms with van der Waals surface area (Å²) in [4.78, 5) is 24.2. The highest BCUT2D eigenvalue weighted by molar-refractivity contribution is 5.78. The van der Waals surface area contributed by atoms with Crippen molar-refractivity contribution >= 4 is 12.0 Å². The molecule has 1 saturated heterocycles. The number of rotatable bonds is 2. The summed E-state index contributed by atoms with van der Waals surface area (Å²) in [7, 11) is 0. The second-order valence-electron chi connectivity index (χ2n) is 4.23. The summed E-state index contributed by atoms with van der Waals surface area (Å²) in [6, 6.07) is -0.162. The number of aliphatic carboxylic acids is 1. The second kappa shape index (κ2) is 4.51. The molecule has 0 radical (unpaired) electrons. The first-order valence-electron chi connectivity index (χ1n) is 5.26. The van der Waals surface area contributed by atoms with Crippen LogP contribution in [0.25, 0.3) is 0 Å². The number of hydrogen-bond acceptors (Lipinski definition) is 2. The van der Waals surface area contributed by atoms with Crippen molar-refractivity contribution in [3.8, 4) is 0 Å². The number of carboxylic acids is 1. The number of piperidine rings is 1. The topological polar surface area (TPSA) is 69.6 Å². The largest absolute Gasteiger partial charge is 0.481 e. The Kier molecular flexibility index (Phi) is 3.55. The van der Waals surface area contributed by atoms with Crippen LogP contribution in [0.5, 0.6) is 0 Å². The molecule has 1 atom stereocenters. The number of nitrogens with zero attached hydrogens (tertiary/aromatic N) is 1. The lowest BCUT2D eigenvalue weighted by Crippen LogP contribution is -2.51. The highest BCUT2D eigenvalue weighted by Gasteiger charge is 2.39. The normalized spacial score (nSPS) is 26.1. The first-order valence-corrected chi connectivity index (χ1v) is 5.26. The molecule has 1 aliphatic heterocycles. The maximum Gasteiger partial charge on any atom is 0.317 e. The summed E-state index contributed by atoms with van der Waals surface area (Å²) in [5.41, 5.74) is -0.788. The number of likely N-dealkylation sites (tertiary alicyclic amines) is 1. The molecule has 0 saturated carbocycles. The van der Waals surface area contributed by atoms with Gasteiger partial charge < -0.3 is 15.3 Å².